The Labute approximate surface area is 142 Å². The molecule has 0 N–H and O–H groups in total. The Kier molecular flexibility index (Phi) is 3.78. The van der Waals surface area contributed by atoms with E-state index in [-0.39, 0.29) is 0 Å². The quantitative estimate of drug-likeness (QED) is 0.703. The molecule has 4 rings (SSSR count). The molecule has 4 nitrogen and oxygen atoms in total. The second-order valence-electron chi connectivity index (χ2n) is 8.35. The number of aromatic nitrogens is 4. The molecular formula is C18H26N4Sn. The van der Waals surface area contributed by atoms with Gasteiger partial charge in [0, 0.05) is 0 Å². The van der Waals surface area contributed by atoms with E-state index in [0.717, 1.165) is 11.7 Å². The van der Waals surface area contributed by atoms with Crippen molar-refractivity contribution < 1.29 is 0 Å². The van der Waals surface area contributed by atoms with Gasteiger partial charge in [-0.3, -0.25) is 0 Å². The average Bonchev–Trinajstić information content (AvgIpc) is 3.39. The molecule has 2 aliphatic rings. The van der Waals surface area contributed by atoms with Crippen LogP contribution in [0.3, 0.4) is 0 Å². The summed E-state index contributed by atoms with van der Waals surface area (Å²) < 4.78 is 3.52. The zero-order chi connectivity index (χ0) is 16.2. The molecule has 1 atom stereocenters. The van der Waals surface area contributed by atoms with Gasteiger partial charge in [-0.05, 0) is 0 Å². The second kappa shape index (κ2) is 5.57. The molecule has 2 aromatic rings. The monoisotopic (exact) mass is 418 g/mol. The third-order valence-electron chi connectivity index (χ3n) is 5.11. The van der Waals surface area contributed by atoms with Crippen LogP contribution in [0.2, 0.25) is 14.8 Å². The first-order valence-corrected chi connectivity index (χ1v) is 18.8. The van der Waals surface area contributed by atoms with Crippen LogP contribution in [0.4, 0.5) is 0 Å². The molecular weight excluding hydrogens is 391 g/mol. The van der Waals surface area contributed by atoms with Crippen molar-refractivity contribution >= 4 is 22.1 Å². The Morgan fingerprint density at radius 1 is 1.13 bits per heavy atom. The van der Waals surface area contributed by atoms with Gasteiger partial charge in [-0.15, -0.1) is 0 Å². The van der Waals surface area contributed by atoms with E-state index in [0.29, 0.717) is 11.8 Å². The van der Waals surface area contributed by atoms with Crippen molar-refractivity contribution in [1.29, 1.82) is 0 Å². The fourth-order valence-electron chi connectivity index (χ4n) is 3.36. The van der Waals surface area contributed by atoms with Crippen LogP contribution in [0, 0.1) is 5.92 Å². The van der Waals surface area contributed by atoms with Gasteiger partial charge in [0.05, 0.1) is 0 Å². The van der Waals surface area contributed by atoms with Gasteiger partial charge in [0.25, 0.3) is 0 Å². The van der Waals surface area contributed by atoms with Crippen molar-refractivity contribution in [3.8, 4) is 0 Å². The van der Waals surface area contributed by atoms with E-state index in [1.165, 1.54) is 40.7 Å². The van der Waals surface area contributed by atoms with Crippen molar-refractivity contribution in [2.75, 3.05) is 0 Å². The Morgan fingerprint density at radius 3 is 2.39 bits per heavy atom. The molecule has 2 aliphatic carbocycles. The predicted octanol–water partition coefficient (Wildman–Crippen LogP) is 3.17. The van der Waals surface area contributed by atoms with Gasteiger partial charge in [0.1, 0.15) is 0 Å². The van der Waals surface area contributed by atoms with E-state index in [4.69, 9.17) is 4.98 Å². The zero-order valence-corrected chi connectivity index (χ0v) is 17.4. The third-order valence-corrected chi connectivity index (χ3v) is 10.2. The summed E-state index contributed by atoms with van der Waals surface area (Å²) in [7, 11) is 2.07. The van der Waals surface area contributed by atoms with Crippen molar-refractivity contribution in [2.24, 2.45) is 13.0 Å². The predicted molar refractivity (Wildman–Crippen MR) is 94.8 cm³/mol. The Balaban J connectivity index is 1.82. The summed E-state index contributed by atoms with van der Waals surface area (Å²) in [6.45, 7) is 0. The van der Waals surface area contributed by atoms with E-state index < -0.39 is 18.4 Å². The Hall–Kier alpha value is -0.911. The fraction of sp³-hybridized carbons (Fsp3) is 0.611. The molecule has 0 aliphatic heterocycles. The van der Waals surface area contributed by atoms with Gasteiger partial charge >= 0.3 is 143 Å². The SMILES string of the molecule is Cn1cnnc1C(c1cc(C2CC2)n[c]([Sn]([CH3])([CH3])[CH3])c1)C1CC1. The van der Waals surface area contributed by atoms with Crippen molar-refractivity contribution in [1.82, 2.24) is 19.7 Å². The first-order chi connectivity index (χ1) is 10.9. The molecule has 1 unspecified atom stereocenters. The zero-order valence-electron chi connectivity index (χ0n) is 14.6. The first kappa shape index (κ1) is 15.6. The van der Waals surface area contributed by atoms with E-state index in [1.54, 1.807) is 0 Å². The molecule has 0 bridgehead atoms. The van der Waals surface area contributed by atoms with Gasteiger partial charge in [-0.25, -0.2) is 0 Å². The second-order valence-corrected chi connectivity index (χ2v) is 22.7. The fourth-order valence-corrected chi connectivity index (χ4v) is 6.40. The number of nitrogens with zero attached hydrogens (tertiary/aromatic N) is 4. The van der Waals surface area contributed by atoms with Gasteiger partial charge in [0.2, 0.25) is 0 Å². The number of pyridine rings is 1. The van der Waals surface area contributed by atoms with Crippen molar-refractivity contribution in [2.45, 2.75) is 52.3 Å². The summed E-state index contributed by atoms with van der Waals surface area (Å²) in [5.74, 6) is 2.96. The summed E-state index contributed by atoms with van der Waals surface area (Å²) in [4.78, 5) is 12.5. The Bertz CT molecular complexity index is 723. The summed E-state index contributed by atoms with van der Waals surface area (Å²) in [6, 6.07) is 4.80. The van der Waals surface area contributed by atoms with E-state index in [2.05, 4.69) is 48.8 Å². The van der Waals surface area contributed by atoms with Crippen LogP contribution in [0.25, 0.3) is 0 Å². The third kappa shape index (κ3) is 3.19. The number of hydrogen-bond acceptors (Lipinski definition) is 3. The van der Waals surface area contributed by atoms with Crippen LogP contribution < -0.4 is 3.71 Å². The minimum atomic E-state index is -2.20. The van der Waals surface area contributed by atoms with Gasteiger partial charge in [-0.2, -0.15) is 0 Å². The van der Waals surface area contributed by atoms with Crippen LogP contribution in [0.15, 0.2) is 18.5 Å². The number of rotatable bonds is 5. The van der Waals surface area contributed by atoms with Crippen LogP contribution in [-0.4, -0.2) is 38.1 Å². The van der Waals surface area contributed by atoms with Crippen molar-refractivity contribution in [3.63, 3.8) is 0 Å². The van der Waals surface area contributed by atoms with Crippen molar-refractivity contribution in [3.05, 3.63) is 35.5 Å². The average molecular weight is 417 g/mol. The van der Waals surface area contributed by atoms with E-state index in [1.807, 2.05) is 6.33 Å². The number of hydrogen-bond donors (Lipinski definition) is 0. The molecule has 5 heteroatoms. The molecule has 2 heterocycles. The molecule has 0 aromatic carbocycles. The standard InChI is InChI=1S/C15H17N4.3CH3.Sn/c1-19-9-17-18-15(19)14(11-4-5-11)12-6-7-16-13(8-12)10-2-3-10;;;;/h6,8-11,14H,2-5H2,1H3;3*1H3;. The molecule has 0 amide bonds. The van der Waals surface area contributed by atoms with Crippen LogP contribution in [-0.2, 0) is 7.05 Å². The molecule has 122 valence electrons. The van der Waals surface area contributed by atoms with Crippen LogP contribution in [0.5, 0.6) is 0 Å². The number of aryl methyl sites for hydroxylation is 1. The van der Waals surface area contributed by atoms with Crippen LogP contribution in [0.1, 0.15) is 54.6 Å². The molecule has 2 saturated carbocycles. The molecule has 23 heavy (non-hydrogen) atoms. The van der Waals surface area contributed by atoms with Gasteiger partial charge < -0.3 is 0 Å². The van der Waals surface area contributed by atoms with E-state index >= 15 is 0 Å². The molecule has 2 aromatic heterocycles. The summed E-state index contributed by atoms with van der Waals surface area (Å²) in [5.41, 5.74) is 2.79. The van der Waals surface area contributed by atoms with Gasteiger partial charge in [-0.1, -0.05) is 0 Å². The first-order valence-electron chi connectivity index (χ1n) is 8.80. The maximum atomic E-state index is 5.08. The van der Waals surface area contributed by atoms with Crippen LogP contribution >= 0.6 is 0 Å². The molecule has 0 radical (unpaired) electrons. The topological polar surface area (TPSA) is 43.6 Å². The summed E-state index contributed by atoms with van der Waals surface area (Å²) in [5, 5.41) is 8.58. The minimum absolute atomic E-state index is 0.399. The van der Waals surface area contributed by atoms with E-state index in [9.17, 15) is 0 Å². The molecule has 2 fully saturated rings. The Morgan fingerprint density at radius 2 is 1.87 bits per heavy atom. The normalized spacial score (nSPS) is 19.8. The summed E-state index contributed by atoms with van der Waals surface area (Å²) in [6.07, 6.45) is 7.08. The van der Waals surface area contributed by atoms with Gasteiger partial charge in [0.15, 0.2) is 0 Å². The molecule has 0 spiro atoms. The maximum absolute atomic E-state index is 5.08. The summed E-state index contributed by atoms with van der Waals surface area (Å²) >= 11 is -2.20. The molecule has 0 saturated heterocycles.